The van der Waals surface area contributed by atoms with Crippen molar-refractivity contribution < 1.29 is 24.4 Å². The smallest absolute Gasteiger partial charge is 0.407 e. The van der Waals surface area contributed by atoms with Crippen LogP contribution in [0.2, 0.25) is 0 Å². The molecule has 0 aliphatic carbocycles. The number of amides is 2. The van der Waals surface area contributed by atoms with Crippen LogP contribution in [0.1, 0.15) is 18.4 Å². The number of carbonyl (C=O) groups excluding carboxylic acids is 2. The SMILES string of the molecule is O=C(CC(O)CNC(=O)OCc1ccc([N+](=O)[O-])cc1)N[C@H]1CCNC1. The van der Waals surface area contributed by atoms with Crippen molar-refractivity contribution in [2.24, 2.45) is 0 Å². The quantitative estimate of drug-likeness (QED) is 0.376. The Morgan fingerprint density at radius 2 is 2.12 bits per heavy atom. The lowest BCUT2D eigenvalue weighted by Crippen LogP contribution is -2.40. The third-order valence-electron chi connectivity index (χ3n) is 3.85. The van der Waals surface area contributed by atoms with Crippen molar-refractivity contribution in [2.45, 2.75) is 31.6 Å². The molecule has 0 saturated carbocycles. The molecule has 0 bridgehead atoms. The molecular formula is C16H22N4O6. The Hall–Kier alpha value is -2.72. The number of rotatable bonds is 8. The number of benzene rings is 1. The van der Waals surface area contributed by atoms with Gasteiger partial charge in [0.25, 0.3) is 5.69 Å². The van der Waals surface area contributed by atoms with E-state index in [-0.39, 0.29) is 37.2 Å². The van der Waals surface area contributed by atoms with Gasteiger partial charge in [-0.1, -0.05) is 0 Å². The molecule has 26 heavy (non-hydrogen) atoms. The first kappa shape index (κ1) is 19.6. The summed E-state index contributed by atoms with van der Waals surface area (Å²) in [6, 6.07) is 5.69. The second-order valence-corrected chi connectivity index (χ2v) is 6.00. The summed E-state index contributed by atoms with van der Waals surface area (Å²) in [5.41, 5.74) is 0.545. The van der Waals surface area contributed by atoms with E-state index in [1.807, 2.05) is 0 Å². The Morgan fingerprint density at radius 1 is 1.38 bits per heavy atom. The molecule has 0 radical (unpaired) electrons. The summed E-state index contributed by atoms with van der Waals surface area (Å²) < 4.78 is 4.95. The lowest BCUT2D eigenvalue weighted by Gasteiger charge is -2.15. The number of nitrogens with one attached hydrogen (secondary N) is 3. The van der Waals surface area contributed by atoms with Crippen LogP contribution in [0.25, 0.3) is 0 Å². The van der Waals surface area contributed by atoms with Gasteiger partial charge in [-0.15, -0.1) is 0 Å². The zero-order valence-electron chi connectivity index (χ0n) is 14.1. The van der Waals surface area contributed by atoms with Gasteiger partial charge in [-0.05, 0) is 30.7 Å². The van der Waals surface area contributed by atoms with Crippen LogP contribution in [0.5, 0.6) is 0 Å². The Labute approximate surface area is 150 Å². The predicted octanol–water partition coefficient (Wildman–Crippen LogP) is 0.0501. The van der Waals surface area contributed by atoms with Gasteiger partial charge in [0.05, 0.1) is 17.4 Å². The van der Waals surface area contributed by atoms with E-state index in [2.05, 4.69) is 16.0 Å². The molecule has 1 unspecified atom stereocenters. The summed E-state index contributed by atoms with van der Waals surface area (Å²) in [7, 11) is 0. The molecule has 2 rings (SSSR count). The van der Waals surface area contributed by atoms with Crippen molar-refractivity contribution in [1.82, 2.24) is 16.0 Å². The van der Waals surface area contributed by atoms with Gasteiger partial charge in [-0.3, -0.25) is 14.9 Å². The Kier molecular flexibility index (Phi) is 7.30. The highest BCUT2D eigenvalue weighted by Crippen LogP contribution is 2.12. The fourth-order valence-corrected chi connectivity index (χ4v) is 2.47. The fourth-order valence-electron chi connectivity index (χ4n) is 2.47. The Bertz CT molecular complexity index is 630. The predicted molar refractivity (Wildman–Crippen MR) is 91.3 cm³/mol. The molecule has 2 atom stereocenters. The molecule has 0 aromatic heterocycles. The van der Waals surface area contributed by atoms with Gasteiger partial charge in [0.15, 0.2) is 0 Å². The van der Waals surface area contributed by atoms with Crippen LogP contribution in [-0.2, 0) is 16.1 Å². The number of nitro benzene ring substituents is 1. The molecule has 1 aliphatic heterocycles. The number of aliphatic hydroxyl groups is 1. The molecule has 4 N–H and O–H groups in total. The number of ether oxygens (including phenoxy) is 1. The van der Waals surface area contributed by atoms with Crippen LogP contribution >= 0.6 is 0 Å². The maximum absolute atomic E-state index is 11.7. The molecule has 142 valence electrons. The van der Waals surface area contributed by atoms with E-state index in [0.717, 1.165) is 19.5 Å². The van der Waals surface area contributed by atoms with Crippen molar-refractivity contribution in [2.75, 3.05) is 19.6 Å². The molecule has 1 aliphatic rings. The highest BCUT2D eigenvalue weighted by molar-refractivity contribution is 5.77. The van der Waals surface area contributed by atoms with Crippen molar-refractivity contribution in [3.05, 3.63) is 39.9 Å². The summed E-state index contributed by atoms with van der Waals surface area (Å²) in [5.74, 6) is -0.271. The van der Waals surface area contributed by atoms with Crippen molar-refractivity contribution in [3.63, 3.8) is 0 Å². The maximum atomic E-state index is 11.7. The van der Waals surface area contributed by atoms with Gasteiger partial charge in [0.1, 0.15) is 6.61 Å². The second kappa shape index (κ2) is 9.68. The molecule has 10 heteroatoms. The van der Waals surface area contributed by atoms with E-state index in [1.165, 1.54) is 24.3 Å². The summed E-state index contributed by atoms with van der Waals surface area (Å²) in [4.78, 5) is 33.4. The normalized spacial score (nSPS) is 17.3. The number of carbonyl (C=O) groups is 2. The minimum absolute atomic E-state index is 0.0482. The van der Waals surface area contributed by atoms with Gasteiger partial charge in [0.2, 0.25) is 5.91 Å². The minimum Gasteiger partial charge on any atom is -0.445 e. The zero-order chi connectivity index (χ0) is 18.9. The summed E-state index contributed by atoms with van der Waals surface area (Å²) >= 11 is 0. The molecule has 10 nitrogen and oxygen atoms in total. The van der Waals surface area contributed by atoms with E-state index < -0.39 is 17.1 Å². The molecule has 1 aromatic carbocycles. The van der Waals surface area contributed by atoms with E-state index in [4.69, 9.17) is 4.74 Å². The summed E-state index contributed by atoms with van der Waals surface area (Å²) in [6.45, 7) is 1.40. The minimum atomic E-state index is -1.02. The number of aliphatic hydroxyl groups excluding tert-OH is 1. The lowest BCUT2D eigenvalue weighted by atomic mass is 10.2. The number of hydrogen-bond donors (Lipinski definition) is 4. The number of nitrogens with zero attached hydrogens (tertiary/aromatic N) is 1. The van der Waals surface area contributed by atoms with E-state index >= 15 is 0 Å². The van der Waals surface area contributed by atoms with Crippen molar-refractivity contribution >= 4 is 17.7 Å². The summed E-state index contributed by atoms with van der Waals surface area (Å²) in [5, 5.41) is 28.7. The van der Waals surface area contributed by atoms with Gasteiger partial charge in [-0.2, -0.15) is 0 Å². The largest absolute Gasteiger partial charge is 0.445 e. The maximum Gasteiger partial charge on any atom is 0.407 e. The zero-order valence-corrected chi connectivity index (χ0v) is 14.1. The topological polar surface area (TPSA) is 143 Å². The first-order valence-electron chi connectivity index (χ1n) is 8.26. The monoisotopic (exact) mass is 366 g/mol. The molecule has 1 heterocycles. The second-order valence-electron chi connectivity index (χ2n) is 6.00. The lowest BCUT2D eigenvalue weighted by molar-refractivity contribution is -0.384. The van der Waals surface area contributed by atoms with Gasteiger partial charge in [0, 0.05) is 31.3 Å². The standard InChI is InChI=1S/C16H22N4O6/c21-14(7-15(22)19-12-5-6-17-8-12)9-18-16(23)26-10-11-1-3-13(4-2-11)20(24)25/h1-4,12,14,17,21H,5-10H2,(H,18,23)(H,19,22)/t12-,14?/m0/s1. The van der Waals surface area contributed by atoms with Gasteiger partial charge < -0.3 is 25.8 Å². The Morgan fingerprint density at radius 3 is 2.73 bits per heavy atom. The molecule has 1 saturated heterocycles. The van der Waals surface area contributed by atoms with Crippen LogP contribution in [0.3, 0.4) is 0 Å². The third-order valence-corrected chi connectivity index (χ3v) is 3.85. The number of alkyl carbamates (subject to hydrolysis) is 1. The van der Waals surface area contributed by atoms with E-state index in [9.17, 15) is 24.8 Å². The van der Waals surface area contributed by atoms with E-state index in [0.29, 0.717) is 5.56 Å². The fraction of sp³-hybridized carbons (Fsp3) is 0.500. The van der Waals surface area contributed by atoms with E-state index in [1.54, 1.807) is 0 Å². The molecule has 1 aromatic rings. The van der Waals surface area contributed by atoms with Crippen LogP contribution in [0, 0.1) is 10.1 Å². The molecule has 2 amide bonds. The average Bonchev–Trinajstić information content (AvgIpc) is 3.11. The number of non-ortho nitro benzene ring substituents is 1. The molecular weight excluding hydrogens is 344 g/mol. The number of nitro groups is 1. The van der Waals surface area contributed by atoms with Crippen molar-refractivity contribution in [3.8, 4) is 0 Å². The van der Waals surface area contributed by atoms with Crippen LogP contribution in [0.4, 0.5) is 10.5 Å². The van der Waals surface area contributed by atoms with Crippen LogP contribution < -0.4 is 16.0 Å². The first-order chi connectivity index (χ1) is 12.4. The average molecular weight is 366 g/mol. The van der Waals surface area contributed by atoms with Crippen molar-refractivity contribution in [1.29, 1.82) is 0 Å². The molecule has 1 fully saturated rings. The number of hydrogen-bond acceptors (Lipinski definition) is 7. The van der Waals surface area contributed by atoms with Gasteiger partial charge >= 0.3 is 6.09 Å². The Balaban J connectivity index is 1.62. The van der Waals surface area contributed by atoms with Crippen LogP contribution in [-0.4, -0.2) is 53.8 Å². The van der Waals surface area contributed by atoms with Gasteiger partial charge in [-0.25, -0.2) is 4.79 Å². The molecule has 0 spiro atoms. The third kappa shape index (κ3) is 6.65. The van der Waals surface area contributed by atoms with Crippen LogP contribution in [0.15, 0.2) is 24.3 Å². The highest BCUT2D eigenvalue weighted by Gasteiger charge is 2.19. The highest BCUT2D eigenvalue weighted by atomic mass is 16.6. The summed E-state index contributed by atoms with van der Waals surface area (Å²) in [6.07, 6.45) is -1.02. The first-order valence-corrected chi connectivity index (χ1v) is 8.26.